The highest BCUT2D eigenvalue weighted by Crippen LogP contribution is 2.24. The number of hydrogen-bond acceptors (Lipinski definition) is 4. The van der Waals surface area contributed by atoms with Crippen molar-refractivity contribution in [1.29, 1.82) is 0 Å². The second kappa shape index (κ2) is 10.9. The number of nitrogens with one attached hydrogen (secondary N) is 1. The number of hydrogen-bond donors (Lipinski definition) is 3. The van der Waals surface area contributed by atoms with E-state index in [1.54, 1.807) is 0 Å². The fraction of sp³-hybridized carbons (Fsp3) is 0.467. The molecule has 0 spiro atoms. The Hall–Kier alpha value is -1.79. The summed E-state index contributed by atoms with van der Waals surface area (Å²) in [6, 6.07) is 6.35. The van der Waals surface area contributed by atoms with Gasteiger partial charge in [-0.25, -0.2) is 9.59 Å². The van der Waals surface area contributed by atoms with E-state index in [1.165, 1.54) is 0 Å². The Kier molecular flexibility index (Phi) is 9.98. The molecule has 0 saturated carbocycles. The molecule has 0 radical (unpaired) electrons. The molecule has 0 aliphatic rings. The Bertz CT molecular complexity index is 481. The lowest BCUT2D eigenvalue weighted by atomic mass is 10.2. The summed E-state index contributed by atoms with van der Waals surface area (Å²) in [5, 5.41) is 18.8. The first-order valence-electron chi connectivity index (χ1n) is 6.86. The van der Waals surface area contributed by atoms with Crippen molar-refractivity contribution in [3.05, 3.63) is 28.8 Å². The van der Waals surface area contributed by atoms with E-state index in [0.717, 1.165) is 24.3 Å². The van der Waals surface area contributed by atoms with Crippen molar-refractivity contribution in [2.24, 2.45) is 0 Å². The van der Waals surface area contributed by atoms with Crippen LogP contribution in [0.1, 0.15) is 25.8 Å². The van der Waals surface area contributed by atoms with Crippen LogP contribution in [-0.2, 0) is 9.59 Å². The first-order chi connectivity index (χ1) is 10.3. The van der Waals surface area contributed by atoms with Crippen molar-refractivity contribution in [1.82, 2.24) is 5.32 Å². The first-order valence-corrected chi connectivity index (χ1v) is 7.24. The fourth-order valence-electron chi connectivity index (χ4n) is 1.33. The molecular formula is C15H22ClNO5. The van der Waals surface area contributed by atoms with E-state index in [2.05, 4.69) is 19.2 Å². The third kappa shape index (κ3) is 9.20. The summed E-state index contributed by atoms with van der Waals surface area (Å²) in [5.41, 5.74) is 1.16. The van der Waals surface area contributed by atoms with E-state index in [-0.39, 0.29) is 0 Å². The molecule has 0 heterocycles. The van der Waals surface area contributed by atoms with Crippen molar-refractivity contribution in [2.75, 3.05) is 13.2 Å². The Morgan fingerprint density at radius 2 is 1.91 bits per heavy atom. The monoisotopic (exact) mass is 331 g/mol. The maximum atomic E-state index is 9.10. The van der Waals surface area contributed by atoms with Crippen LogP contribution in [0.25, 0.3) is 0 Å². The molecule has 0 aliphatic heterocycles. The minimum atomic E-state index is -1.82. The number of carboxylic acid groups (broad SMARTS) is 2. The van der Waals surface area contributed by atoms with Crippen LogP contribution in [0.4, 0.5) is 0 Å². The topological polar surface area (TPSA) is 95.9 Å². The molecule has 3 N–H and O–H groups in total. The molecule has 1 aromatic rings. The third-order valence-corrected chi connectivity index (χ3v) is 3.05. The lowest BCUT2D eigenvalue weighted by molar-refractivity contribution is -0.159. The number of carbonyl (C=O) groups is 2. The minimum absolute atomic E-state index is 0.539. The van der Waals surface area contributed by atoms with Crippen molar-refractivity contribution < 1.29 is 24.5 Å². The van der Waals surface area contributed by atoms with Gasteiger partial charge in [0, 0.05) is 12.6 Å². The number of aliphatic carboxylic acids is 2. The van der Waals surface area contributed by atoms with E-state index in [9.17, 15) is 0 Å². The first kappa shape index (κ1) is 20.2. The number of halogens is 1. The zero-order valence-electron chi connectivity index (χ0n) is 12.9. The molecule has 1 unspecified atom stereocenters. The van der Waals surface area contributed by atoms with Crippen molar-refractivity contribution in [3.8, 4) is 5.75 Å². The van der Waals surface area contributed by atoms with Gasteiger partial charge >= 0.3 is 11.9 Å². The standard InChI is InChI=1S/C13H20ClNO.C2H2O4/c1-4-11(3)15-7-8-16-13-9-10(2)5-6-12(13)14;3-1(4)2(5)6/h5-6,9,11,15H,4,7-8H2,1-3H3;(H,3,4)(H,5,6). The number of aryl methyl sites for hydroxylation is 1. The summed E-state index contributed by atoms with van der Waals surface area (Å²) in [4.78, 5) is 18.2. The summed E-state index contributed by atoms with van der Waals surface area (Å²) in [6.07, 6.45) is 1.13. The molecule has 1 rings (SSSR count). The average Bonchev–Trinajstić information content (AvgIpc) is 2.47. The Morgan fingerprint density at radius 3 is 2.41 bits per heavy atom. The molecule has 0 bridgehead atoms. The molecule has 7 heteroatoms. The summed E-state index contributed by atoms with van der Waals surface area (Å²) >= 11 is 6.02. The Balaban J connectivity index is 0.000000626. The van der Waals surface area contributed by atoms with Crippen LogP contribution < -0.4 is 10.1 Å². The SMILES string of the molecule is CCC(C)NCCOc1cc(C)ccc1Cl.O=C(O)C(=O)O. The number of carboxylic acids is 2. The van der Waals surface area contributed by atoms with Gasteiger partial charge in [-0.2, -0.15) is 0 Å². The third-order valence-electron chi connectivity index (χ3n) is 2.73. The number of ether oxygens (including phenoxy) is 1. The highest BCUT2D eigenvalue weighted by atomic mass is 35.5. The lowest BCUT2D eigenvalue weighted by Crippen LogP contribution is -2.29. The zero-order valence-corrected chi connectivity index (χ0v) is 13.7. The van der Waals surface area contributed by atoms with E-state index in [0.29, 0.717) is 17.7 Å². The minimum Gasteiger partial charge on any atom is -0.491 e. The Labute approximate surface area is 135 Å². The van der Waals surface area contributed by atoms with Gasteiger partial charge in [0.25, 0.3) is 0 Å². The number of rotatable bonds is 6. The summed E-state index contributed by atoms with van der Waals surface area (Å²) in [6.45, 7) is 7.85. The molecule has 0 saturated heterocycles. The highest BCUT2D eigenvalue weighted by Gasteiger charge is 2.04. The van der Waals surface area contributed by atoms with E-state index in [4.69, 9.17) is 36.1 Å². The second-order valence-corrected chi connectivity index (χ2v) is 5.06. The van der Waals surface area contributed by atoms with E-state index >= 15 is 0 Å². The van der Waals surface area contributed by atoms with Gasteiger partial charge < -0.3 is 20.3 Å². The smallest absolute Gasteiger partial charge is 0.414 e. The lowest BCUT2D eigenvalue weighted by Gasteiger charge is -2.12. The van der Waals surface area contributed by atoms with Gasteiger partial charge in [0.2, 0.25) is 0 Å². The average molecular weight is 332 g/mol. The van der Waals surface area contributed by atoms with Crippen LogP contribution in [0.3, 0.4) is 0 Å². The van der Waals surface area contributed by atoms with E-state index in [1.807, 2.05) is 25.1 Å². The van der Waals surface area contributed by atoms with Crippen molar-refractivity contribution in [3.63, 3.8) is 0 Å². The van der Waals surface area contributed by atoms with E-state index < -0.39 is 11.9 Å². The predicted molar refractivity (Wildman–Crippen MR) is 84.7 cm³/mol. The van der Waals surface area contributed by atoms with Crippen LogP contribution >= 0.6 is 11.6 Å². The normalized spacial score (nSPS) is 11.1. The molecule has 0 fully saturated rings. The molecule has 6 nitrogen and oxygen atoms in total. The summed E-state index contributed by atoms with van der Waals surface area (Å²) in [7, 11) is 0. The van der Waals surface area contributed by atoms with Crippen LogP contribution in [0, 0.1) is 6.92 Å². The van der Waals surface area contributed by atoms with Gasteiger partial charge in [-0.1, -0.05) is 24.6 Å². The largest absolute Gasteiger partial charge is 0.491 e. The Morgan fingerprint density at radius 1 is 1.32 bits per heavy atom. The second-order valence-electron chi connectivity index (χ2n) is 4.66. The van der Waals surface area contributed by atoms with Gasteiger partial charge in [0.1, 0.15) is 12.4 Å². The van der Waals surface area contributed by atoms with Crippen molar-refractivity contribution >= 4 is 23.5 Å². The van der Waals surface area contributed by atoms with Gasteiger partial charge in [0.15, 0.2) is 0 Å². The molecule has 124 valence electrons. The molecule has 0 amide bonds. The highest BCUT2D eigenvalue weighted by molar-refractivity contribution is 6.32. The number of benzene rings is 1. The van der Waals surface area contributed by atoms with Crippen LogP contribution in [0.2, 0.25) is 5.02 Å². The van der Waals surface area contributed by atoms with Gasteiger partial charge in [-0.15, -0.1) is 0 Å². The fourth-order valence-corrected chi connectivity index (χ4v) is 1.50. The summed E-state index contributed by atoms with van der Waals surface area (Å²) in [5.74, 6) is -2.88. The molecular weight excluding hydrogens is 310 g/mol. The zero-order chi connectivity index (χ0) is 17.1. The maximum Gasteiger partial charge on any atom is 0.414 e. The molecule has 0 aromatic heterocycles. The van der Waals surface area contributed by atoms with Gasteiger partial charge in [0.05, 0.1) is 5.02 Å². The van der Waals surface area contributed by atoms with Crippen LogP contribution in [0.15, 0.2) is 18.2 Å². The molecule has 1 atom stereocenters. The summed E-state index contributed by atoms with van der Waals surface area (Å²) < 4.78 is 5.62. The molecule has 0 aliphatic carbocycles. The predicted octanol–water partition coefficient (Wildman–Crippen LogP) is 2.57. The van der Waals surface area contributed by atoms with Gasteiger partial charge in [-0.3, -0.25) is 0 Å². The van der Waals surface area contributed by atoms with Crippen LogP contribution in [-0.4, -0.2) is 41.3 Å². The maximum absolute atomic E-state index is 9.10. The molecule has 1 aromatic carbocycles. The quantitative estimate of drug-likeness (QED) is 0.547. The van der Waals surface area contributed by atoms with Gasteiger partial charge in [-0.05, 0) is 38.0 Å². The molecule has 22 heavy (non-hydrogen) atoms. The van der Waals surface area contributed by atoms with Crippen LogP contribution in [0.5, 0.6) is 5.75 Å². The van der Waals surface area contributed by atoms with Crippen molar-refractivity contribution in [2.45, 2.75) is 33.2 Å².